The number of hydrogen-bond donors (Lipinski definition) is 3. The average molecular weight is 295 g/mol. The number of amides is 3. The highest BCUT2D eigenvalue weighted by Gasteiger charge is 2.18. The van der Waals surface area contributed by atoms with Crippen molar-refractivity contribution < 1.29 is 9.59 Å². The van der Waals surface area contributed by atoms with Crippen LogP contribution in [0.15, 0.2) is 12.4 Å². The summed E-state index contributed by atoms with van der Waals surface area (Å²) in [6.07, 6.45) is 3.49. The molecule has 1 aromatic heterocycles. The SMILES string of the molecule is CC(C)NC(=O)NC(=O)C(C)Nc1cnn(C(C)(C)C)c1. The highest BCUT2D eigenvalue weighted by Crippen LogP contribution is 2.16. The van der Waals surface area contributed by atoms with Gasteiger partial charge in [0.25, 0.3) is 0 Å². The third kappa shape index (κ3) is 5.45. The maximum Gasteiger partial charge on any atom is 0.321 e. The van der Waals surface area contributed by atoms with E-state index < -0.39 is 18.0 Å². The lowest BCUT2D eigenvalue weighted by atomic mass is 10.1. The van der Waals surface area contributed by atoms with Gasteiger partial charge in [0.15, 0.2) is 0 Å². The molecule has 1 atom stereocenters. The molecule has 1 heterocycles. The molecule has 7 heteroatoms. The van der Waals surface area contributed by atoms with E-state index in [2.05, 4.69) is 21.0 Å². The number of nitrogens with zero attached hydrogens (tertiary/aromatic N) is 2. The minimum Gasteiger partial charge on any atom is -0.371 e. The summed E-state index contributed by atoms with van der Waals surface area (Å²) in [4.78, 5) is 23.4. The van der Waals surface area contributed by atoms with Gasteiger partial charge in [0.2, 0.25) is 5.91 Å². The molecule has 1 unspecified atom stereocenters. The monoisotopic (exact) mass is 295 g/mol. The first-order valence-electron chi connectivity index (χ1n) is 7.02. The lowest BCUT2D eigenvalue weighted by molar-refractivity contribution is -0.120. The fraction of sp³-hybridized carbons (Fsp3) is 0.643. The van der Waals surface area contributed by atoms with Gasteiger partial charge in [0.05, 0.1) is 17.4 Å². The van der Waals surface area contributed by atoms with Gasteiger partial charge in [0.1, 0.15) is 6.04 Å². The zero-order chi connectivity index (χ0) is 16.2. The Morgan fingerprint density at radius 3 is 2.33 bits per heavy atom. The quantitative estimate of drug-likeness (QED) is 0.788. The molecule has 0 saturated carbocycles. The van der Waals surface area contributed by atoms with E-state index in [4.69, 9.17) is 0 Å². The van der Waals surface area contributed by atoms with Crippen LogP contribution in [0.2, 0.25) is 0 Å². The van der Waals surface area contributed by atoms with Gasteiger partial charge in [-0.15, -0.1) is 0 Å². The summed E-state index contributed by atoms with van der Waals surface area (Å²) < 4.78 is 1.81. The molecule has 1 rings (SSSR count). The molecule has 0 radical (unpaired) electrons. The number of nitrogens with one attached hydrogen (secondary N) is 3. The second-order valence-electron chi connectivity index (χ2n) is 6.33. The summed E-state index contributed by atoms with van der Waals surface area (Å²) in [5.74, 6) is -0.392. The van der Waals surface area contributed by atoms with Gasteiger partial charge in [-0.1, -0.05) is 0 Å². The minimum absolute atomic E-state index is 0.0221. The number of imide groups is 1. The molecule has 1 aromatic rings. The number of hydrogen-bond acceptors (Lipinski definition) is 4. The van der Waals surface area contributed by atoms with Crippen LogP contribution in [0.4, 0.5) is 10.5 Å². The largest absolute Gasteiger partial charge is 0.371 e. The van der Waals surface area contributed by atoms with Crippen LogP contribution < -0.4 is 16.0 Å². The summed E-state index contributed by atoms with van der Waals surface area (Å²) in [5.41, 5.74) is 0.611. The van der Waals surface area contributed by atoms with Crippen molar-refractivity contribution >= 4 is 17.6 Å². The molecule has 3 N–H and O–H groups in total. The molecule has 3 amide bonds. The van der Waals surface area contributed by atoms with Crippen LogP contribution in [0.25, 0.3) is 0 Å². The molecule has 0 bridgehead atoms. The first-order valence-corrected chi connectivity index (χ1v) is 7.02. The van der Waals surface area contributed by atoms with Crippen LogP contribution in [-0.4, -0.2) is 33.8 Å². The number of urea groups is 1. The van der Waals surface area contributed by atoms with Crippen molar-refractivity contribution in [3.8, 4) is 0 Å². The van der Waals surface area contributed by atoms with Crippen LogP contribution in [-0.2, 0) is 10.3 Å². The van der Waals surface area contributed by atoms with E-state index in [9.17, 15) is 9.59 Å². The van der Waals surface area contributed by atoms with Gasteiger partial charge in [-0.3, -0.25) is 14.8 Å². The molecule has 0 fully saturated rings. The predicted molar refractivity (Wildman–Crippen MR) is 82.1 cm³/mol. The standard InChI is InChI=1S/C14H25N5O2/c1-9(2)16-13(21)18-12(20)10(3)17-11-7-15-19(8-11)14(4,5)6/h7-10,17H,1-6H3,(H2,16,18,20,21). The smallest absolute Gasteiger partial charge is 0.321 e. The number of aromatic nitrogens is 2. The van der Waals surface area contributed by atoms with Crippen LogP contribution in [0.1, 0.15) is 41.5 Å². The first kappa shape index (κ1) is 17.0. The van der Waals surface area contributed by atoms with Gasteiger partial charge in [-0.25, -0.2) is 4.79 Å². The van der Waals surface area contributed by atoms with Gasteiger partial charge >= 0.3 is 6.03 Å². The number of anilines is 1. The summed E-state index contributed by atoms with van der Waals surface area (Å²) in [6.45, 7) is 11.5. The van der Waals surface area contributed by atoms with Crippen molar-refractivity contribution in [2.24, 2.45) is 0 Å². The van der Waals surface area contributed by atoms with Gasteiger partial charge in [-0.05, 0) is 41.5 Å². The van der Waals surface area contributed by atoms with Gasteiger partial charge in [0, 0.05) is 12.2 Å². The lowest BCUT2D eigenvalue weighted by Crippen LogP contribution is -2.47. The van der Waals surface area contributed by atoms with Crippen molar-refractivity contribution in [1.29, 1.82) is 0 Å². The summed E-state index contributed by atoms with van der Waals surface area (Å²) in [5, 5.41) is 12.2. The molecular formula is C14H25N5O2. The molecule has 7 nitrogen and oxygen atoms in total. The van der Waals surface area contributed by atoms with Crippen molar-refractivity contribution in [2.75, 3.05) is 5.32 Å². The van der Waals surface area contributed by atoms with E-state index in [0.29, 0.717) is 0 Å². The Bertz CT molecular complexity index is 502. The molecule has 0 spiro atoms. The molecule has 0 aliphatic heterocycles. The van der Waals surface area contributed by atoms with E-state index in [-0.39, 0.29) is 11.6 Å². The normalized spacial score (nSPS) is 12.9. The van der Waals surface area contributed by atoms with Crippen LogP contribution >= 0.6 is 0 Å². The predicted octanol–water partition coefficient (Wildman–Crippen LogP) is 1.67. The topological polar surface area (TPSA) is 88.1 Å². The van der Waals surface area contributed by atoms with Crippen molar-refractivity contribution in [3.05, 3.63) is 12.4 Å². The maximum absolute atomic E-state index is 11.9. The highest BCUT2D eigenvalue weighted by atomic mass is 16.2. The molecular weight excluding hydrogens is 270 g/mol. The van der Waals surface area contributed by atoms with E-state index in [1.165, 1.54) is 0 Å². The van der Waals surface area contributed by atoms with Crippen LogP contribution in [0, 0.1) is 0 Å². The third-order valence-electron chi connectivity index (χ3n) is 2.70. The van der Waals surface area contributed by atoms with Gasteiger partial charge < -0.3 is 10.6 Å². The molecule has 21 heavy (non-hydrogen) atoms. The Hall–Kier alpha value is -2.05. The molecule has 0 saturated heterocycles. The summed E-state index contributed by atoms with van der Waals surface area (Å²) >= 11 is 0. The maximum atomic E-state index is 11.9. The van der Waals surface area contributed by atoms with Crippen molar-refractivity contribution in [2.45, 2.75) is 59.2 Å². The molecule has 118 valence electrons. The van der Waals surface area contributed by atoms with Crippen LogP contribution in [0.3, 0.4) is 0 Å². The first-order chi connectivity index (χ1) is 9.59. The number of rotatable bonds is 4. The van der Waals surface area contributed by atoms with E-state index >= 15 is 0 Å². The average Bonchev–Trinajstić information content (AvgIpc) is 2.75. The van der Waals surface area contributed by atoms with Crippen molar-refractivity contribution in [1.82, 2.24) is 20.4 Å². The molecule has 0 aliphatic rings. The lowest BCUT2D eigenvalue weighted by Gasteiger charge is -2.19. The Morgan fingerprint density at radius 1 is 1.24 bits per heavy atom. The molecule has 0 aromatic carbocycles. The molecule has 0 aliphatic carbocycles. The fourth-order valence-corrected chi connectivity index (χ4v) is 1.60. The van der Waals surface area contributed by atoms with Crippen molar-refractivity contribution in [3.63, 3.8) is 0 Å². The second-order valence-corrected chi connectivity index (χ2v) is 6.33. The van der Waals surface area contributed by atoms with E-state index in [1.807, 2.05) is 45.5 Å². The second kappa shape index (κ2) is 6.60. The Balaban J connectivity index is 2.56. The highest BCUT2D eigenvalue weighted by molar-refractivity contribution is 5.98. The zero-order valence-corrected chi connectivity index (χ0v) is 13.5. The van der Waals surface area contributed by atoms with E-state index in [0.717, 1.165) is 5.69 Å². The summed E-state index contributed by atoms with van der Waals surface area (Å²) in [6, 6.07) is -1.05. The zero-order valence-electron chi connectivity index (χ0n) is 13.5. The van der Waals surface area contributed by atoms with E-state index in [1.54, 1.807) is 13.1 Å². The third-order valence-corrected chi connectivity index (χ3v) is 2.70. The number of carbonyl (C=O) groups excluding carboxylic acids is 2. The minimum atomic E-state index is -0.541. The number of carbonyl (C=O) groups is 2. The Labute approximate surface area is 125 Å². The Kier molecular flexibility index (Phi) is 5.34. The Morgan fingerprint density at radius 2 is 1.86 bits per heavy atom. The van der Waals surface area contributed by atoms with Crippen LogP contribution in [0.5, 0.6) is 0 Å². The fourth-order valence-electron chi connectivity index (χ4n) is 1.60. The summed E-state index contributed by atoms with van der Waals surface area (Å²) in [7, 11) is 0. The van der Waals surface area contributed by atoms with Gasteiger partial charge in [-0.2, -0.15) is 5.10 Å².